The predicted octanol–water partition coefficient (Wildman–Crippen LogP) is 3.41. The second kappa shape index (κ2) is 8.79. The van der Waals surface area contributed by atoms with Gasteiger partial charge in [-0.15, -0.1) is 6.58 Å². The van der Waals surface area contributed by atoms with Gasteiger partial charge in [-0.3, -0.25) is 0 Å². The highest BCUT2D eigenvalue weighted by atomic mass is 16.5. The minimum absolute atomic E-state index is 0.693. The quantitative estimate of drug-likeness (QED) is 0.401. The second-order valence-electron chi connectivity index (χ2n) is 3.43. The van der Waals surface area contributed by atoms with E-state index in [0.717, 1.165) is 6.61 Å². The summed E-state index contributed by atoms with van der Waals surface area (Å²) in [5, 5.41) is 0. The van der Waals surface area contributed by atoms with Gasteiger partial charge in [0, 0.05) is 6.61 Å². The summed E-state index contributed by atoms with van der Waals surface area (Å²) >= 11 is 0. The van der Waals surface area contributed by atoms with Crippen LogP contribution in [0.4, 0.5) is 0 Å². The molecule has 0 aliphatic rings. The Morgan fingerprint density at radius 2 is 2.17 bits per heavy atom. The third-order valence-corrected chi connectivity index (χ3v) is 1.94. The maximum Gasteiger partial charge on any atom is 0.0644 e. The molecule has 0 aromatic rings. The topological polar surface area (TPSA) is 9.23 Å². The maximum absolute atomic E-state index is 5.36. The third-order valence-electron chi connectivity index (χ3n) is 1.94. The predicted molar refractivity (Wildman–Crippen MR) is 54.3 cm³/mol. The number of rotatable bonds is 8. The van der Waals surface area contributed by atoms with Crippen LogP contribution >= 0.6 is 0 Å². The number of ether oxygens (including phenoxy) is 1. The summed E-state index contributed by atoms with van der Waals surface area (Å²) in [5.74, 6) is 0.705. The average Bonchev–Trinajstić information content (AvgIpc) is 2.06. The van der Waals surface area contributed by atoms with Crippen LogP contribution in [0.15, 0.2) is 12.7 Å². The Labute approximate surface area is 76.8 Å². The van der Waals surface area contributed by atoms with Crippen molar-refractivity contribution in [3.8, 4) is 0 Å². The lowest BCUT2D eigenvalue weighted by atomic mass is 10.0. The van der Waals surface area contributed by atoms with Gasteiger partial charge in [-0.2, -0.15) is 0 Å². The lowest BCUT2D eigenvalue weighted by Gasteiger charge is -2.10. The molecule has 0 amide bonds. The number of hydrogen-bond acceptors (Lipinski definition) is 1. The Morgan fingerprint density at radius 3 is 2.75 bits per heavy atom. The van der Waals surface area contributed by atoms with Gasteiger partial charge in [0.2, 0.25) is 0 Å². The van der Waals surface area contributed by atoms with Gasteiger partial charge >= 0.3 is 0 Å². The zero-order valence-corrected chi connectivity index (χ0v) is 8.51. The summed E-state index contributed by atoms with van der Waals surface area (Å²) in [5.41, 5.74) is 0. The lowest BCUT2D eigenvalue weighted by molar-refractivity contribution is 0.124. The molecule has 0 aromatic carbocycles. The zero-order chi connectivity index (χ0) is 9.23. The summed E-state index contributed by atoms with van der Waals surface area (Å²) < 4.78 is 5.36. The summed E-state index contributed by atoms with van der Waals surface area (Å²) in [7, 11) is 0. The maximum atomic E-state index is 5.36. The summed E-state index contributed by atoms with van der Waals surface area (Å²) in [6.45, 7) is 9.67. The standard InChI is InChI=1S/C11H22O/c1-4-6-7-8-11(3)10-12-9-5-2/h5,11H,2,4,6-10H2,1,3H3. The molecule has 0 radical (unpaired) electrons. The molecule has 0 saturated heterocycles. The molecule has 1 atom stereocenters. The van der Waals surface area contributed by atoms with Crippen LogP contribution in [-0.2, 0) is 4.74 Å². The van der Waals surface area contributed by atoms with E-state index >= 15 is 0 Å². The van der Waals surface area contributed by atoms with Gasteiger partial charge in [0.15, 0.2) is 0 Å². The molecule has 1 heteroatoms. The first-order valence-electron chi connectivity index (χ1n) is 4.99. The first kappa shape index (κ1) is 11.7. The van der Waals surface area contributed by atoms with Crippen LogP contribution in [0.25, 0.3) is 0 Å². The van der Waals surface area contributed by atoms with Crippen LogP contribution in [0.5, 0.6) is 0 Å². The highest BCUT2D eigenvalue weighted by Gasteiger charge is 2.00. The molecule has 0 spiro atoms. The van der Waals surface area contributed by atoms with E-state index in [1.54, 1.807) is 6.08 Å². The molecule has 0 aromatic heterocycles. The van der Waals surface area contributed by atoms with Crippen molar-refractivity contribution in [2.45, 2.75) is 39.5 Å². The molecule has 0 saturated carbocycles. The van der Waals surface area contributed by atoms with Crippen molar-refractivity contribution < 1.29 is 4.74 Å². The normalized spacial score (nSPS) is 12.8. The Bertz CT molecular complexity index is 99.2. The molecule has 0 fully saturated rings. The summed E-state index contributed by atoms with van der Waals surface area (Å²) in [6.07, 6.45) is 7.10. The van der Waals surface area contributed by atoms with Gasteiger partial charge < -0.3 is 4.74 Å². The third kappa shape index (κ3) is 7.80. The highest BCUT2D eigenvalue weighted by molar-refractivity contribution is 4.64. The van der Waals surface area contributed by atoms with Gasteiger partial charge in [-0.05, 0) is 12.3 Å². The van der Waals surface area contributed by atoms with E-state index in [2.05, 4.69) is 20.4 Å². The fourth-order valence-corrected chi connectivity index (χ4v) is 1.18. The SMILES string of the molecule is C=CCOCC(C)CCCCC. The highest BCUT2D eigenvalue weighted by Crippen LogP contribution is 2.09. The van der Waals surface area contributed by atoms with Crippen molar-refractivity contribution in [1.29, 1.82) is 0 Å². The molecule has 0 bridgehead atoms. The molecule has 1 unspecified atom stereocenters. The van der Waals surface area contributed by atoms with Crippen LogP contribution in [0.2, 0.25) is 0 Å². The number of unbranched alkanes of at least 4 members (excludes halogenated alkanes) is 2. The molecule has 12 heavy (non-hydrogen) atoms. The summed E-state index contributed by atoms with van der Waals surface area (Å²) in [4.78, 5) is 0. The Hall–Kier alpha value is -0.300. The van der Waals surface area contributed by atoms with Crippen molar-refractivity contribution in [2.24, 2.45) is 5.92 Å². The number of hydrogen-bond donors (Lipinski definition) is 0. The lowest BCUT2D eigenvalue weighted by Crippen LogP contribution is -2.05. The summed E-state index contributed by atoms with van der Waals surface area (Å²) in [6, 6.07) is 0. The molecule has 1 nitrogen and oxygen atoms in total. The first-order chi connectivity index (χ1) is 5.81. The van der Waals surface area contributed by atoms with Crippen molar-refractivity contribution in [2.75, 3.05) is 13.2 Å². The van der Waals surface area contributed by atoms with Crippen LogP contribution in [0.1, 0.15) is 39.5 Å². The average molecular weight is 170 g/mol. The van der Waals surface area contributed by atoms with Crippen molar-refractivity contribution in [1.82, 2.24) is 0 Å². The molecule has 0 aliphatic carbocycles. The van der Waals surface area contributed by atoms with E-state index in [9.17, 15) is 0 Å². The first-order valence-corrected chi connectivity index (χ1v) is 4.99. The molecule has 0 rings (SSSR count). The van der Waals surface area contributed by atoms with E-state index < -0.39 is 0 Å². The van der Waals surface area contributed by atoms with E-state index in [-0.39, 0.29) is 0 Å². The Morgan fingerprint density at radius 1 is 1.42 bits per heavy atom. The smallest absolute Gasteiger partial charge is 0.0644 e. The van der Waals surface area contributed by atoms with Crippen LogP contribution in [-0.4, -0.2) is 13.2 Å². The Kier molecular flexibility index (Phi) is 8.57. The van der Waals surface area contributed by atoms with E-state index in [4.69, 9.17) is 4.74 Å². The zero-order valence-electron chi connectivity index (χ0n) is 8.51. The minimum Gasteiger partial charge on any atom is -0.377 e. The molecule has 0 aliphatic heterocycles. The van der Waals surface area contributed by atoms with E-state index in [1.165, 1.54) is 25.7 Å². The molecule has 0 heterocycles. The van der Waals surface area contributed by atoms with E-state index in [0.29, 0.717) is 12.5 Å². The van der Waals surface area contributed by atoms with Crippen LogP contribution in [0, 0.1) is 5.92 Å². The van der Waals surface area contributed by atoms with Crippen molar-refractivity contribution in [3.63, 3.8) is 0 Å². The second-order valence-corrected chi connectivity index (χ2v) is 3.43. The van der Waals surface area contributed by atoms with Gasteiger partial charge in [-0.25, -0.2) is 0 Å². The van der Waals surface area contributed by atoms with Gasteiger partial charge in [0.05, 0.1) is 6.61 Å². The van der Waals surface area contributed by atoms with Crippen molar-refractivity contribution in [3.05, 3.63) is 12.7 Å². The monoisotopic (exact) mass is 170 g/mol. The fraction of sp³-hybridized carbons (Fsp3) is 0.818. The van der Waals surface area contributed by atoms with Crippen LogP contribution < -0.4 is 0 Å². The van der Waals surface area contributed by atoms with Crippen LogP contribution in [0.3, 0.4) is 0 Å². The Balaban J connectivity index is 3.09. The van der Waals surface area contributed by atoms with Gasteiger partial charge in [-0.1, -0.05) is 39.2 Å². The van der Waals surface area contributed by atoms with E-state index in [1.807, 2.05) is 0 Å². The molecule has 72 valence electrons. The largest absolute Gasteiger partial charge is 0.377 e. The van der Waals surface area contributed by atoms with Gasteiger partial charge in [0.1, 0.15) is 0 Å². The van der Waals surface area contributed by atoms with Gasteiger partial charge in [0.25, 0.3) is 0 Å². The molecule has 0 N–H and O–H groups in total. The fourth-order valence-electron chi connectivity index (χ4n) is 1.18. The minimum atomic E-state index is 0.693. The van der Waals surface area contributed by atoms with Crippen molar-refractivity contribution >= 4 is 0 Å². The molecular weight excluding hydrogens is 148 g/mol. The molecular formula is C11H22O.